The third kappa shape index (κ3) is 6.88. The van der Waals surface area contributed by atoms with Gasteiger partial charge >= 0.3 is 5.97 Å². The zero-order chi connectivity index (χ0) is 32.0. The third-order valence-electron chi connectivity index (χ3n) is 9.57. The summed E-state index contributed by atoms with van der Waals surface area (Å²) in [6.07, 6.45) is 6.67. The lowest BCUT2D eigenvalue weighted by Crippen LogP contribution is -2.56. The van der Waals surface area contributed by atoms with Crippen molar-refractivity contribution in [3.8, 4) is 5.75 Å². The lowest BCUT2D eigenvalue weighted by molar-refractivity contribution is -0.160. The van der Waals surface area contributed by atoms with Gasteiger partial charge in [-0.3, -0.25) is 19.2 Å². The number of ketones is 1. The van der Waals surface area contributed by atoms with Crippen molar-refractivity contribution in [3.05, 3.63) is 29.3 Å². The molecule has 5 fully saturated rings. The molecular formula is C32H40F4N2O6. The van der Waals surface area contributed by atoms with Crippen LogP contribution < -0.4 is 10.1 Å². The molecule has 1 atom stereocenters. The minimum Gasteiger partial charge on any atom is -0.479 e. The number of amides is 2. The summed E-state index contributed by atoms with van der Waals surface area (Å²) in [5.74, 6) is -9.24. The van der Waals surface area contributed by atoms with Crippen LogP contribution in [0.3, 0.4) is 0 Å². The number of nitrogens with one attached hydrogen (secondary N) is 1. The molecule has 44 heavy (non-hydrogen) atoms. The number of rotatable bonds is 9. The van der Waals surface area contributed by atoms with Crippen LogP contribution in [0.2, 0.25) is 0 Å². The Labute approximate surface area is 254 Å². The summed E-state index contributed by atoms with van der Waals surface area (Å²) >= 11 is 0. The van der Waals surface area contributed by atoms with Crippen LogP contribution in [0.4, 0.5) is 17.6 Å². The highest BCUT2D eigenvalue weighted by Crippen LogP contribution is 2.60. The molecule has 1 heterocycles. The number of benzene rings is 1. The molecule has 4 aliphatic carbocycles. The Morgan fingerprint density at radius 1 is 0.932 bits per heavy atom. The van der Waals surface area contributed by atoms with Gasteiger partial charge in [0.05, 0.1) is 11.8 Å². The molecule has 1 saturated heterocycles. The molecule has 2 amide bonds. The summed E-state index contributed by atoms with van der Waals surface area (Å²) in [6.45, 7) is 4.57. The van der Waals surface area contributed by atoms with E-state index >= 15 is 0 Å². The Morgan fingerprint density at radius 3 is 1.95 bits per heavy atom. The Kier molecular flexibility index (Phi) is 9.01. The summed E-state index contributed by atoms with van der Waals surface area (Å²) in [4.78, 5) is 54.5. The molecule has 1 aliphatic heterocycles. The molecule has 12 heteroatoms. The van der Waals surface area contributed by atoms with Gasteiger partial charge in [-0.1, -0.05) is 0 Å². The van der Waals surface area contributed by atoms with Gasteiger partial charge in [0, 0.05) is 25.1 Å². The van der Waals surface area contributed by atoms with E-state index in [1.165, 1.54) is 19.3 Å². The average Bonchev–Trinajstić information content (AvgIpc) is 2.93. The smallest absolute Gasteiger partial charge is 0.308 e. The van der Waals surface area contributed by atoms with Crippen LogP contribution in [0, 0.1) is 52.4 Å². The zero-order valence-electron chi connectivity index (χ0n) is 25.4. The van der Waals surface area contributed by atoms with Gasteiger partial charge in [-0.15, -0.1) is 0 Å². The number of ether oxygens (including phenoxy) is 2. The largest absolute Gasteiger partial charge is 0.479 e. The molecular weight excluding hydrogens is 584 g/mol. The molecule has 0 aromatic heterocycles. The van der Waals surface area contributed by atoms with Gasteiger partial charge in [-0.05, 0) is 89.9 Å². The summed E-state index contributed by atoms with van der Waals surface area (Å²) in [5.41, 5.74) is -1.18. The number of carbonyl (C=O) groups excluding carboxylic acids is 4. The van der Waals surface area contributed by atoms with Crippen LogP contribution in [0.1, 0.15) is 78.6 Å². The molecule has 8 nitrogen and oxygen atoms in total. The van der Waals surface area contributed by atoms with Gasteiger partial charge in [0.1, 0.15) is 18.2 Å². The highest BCUT2D eigenvalue weighted by molar-refractivity contribution is 5.93. The van der Waals surface area contributed by atoms with E-state index in [0.717, 1.165) is 19.3 Å². The van der Waals surface area contributed by atoms with Crippen LogP contribution >= 0.6 is 0 Å². The second-order valence-electron chi connectivity index (χ2n) is 14.2. The summed E-state index contributed by atoms with van der Waals surface area (Å²) < 4.78 is 65.3. The Bertz CT molecular complexity index is 1260. The normalized spacial score (nSPS) is 27.2. The molecule has 0 spiro atoms. The summed E-state index contributed by atoms with van der Waals surface area (Å²) in [5, 5.41) is 2.54. The summed E-state index contributed by atoms with van der Waals surface area (Å²) in [6, 6.07) is -1.49. The fraction of sp³-hybridized carbons (Fsp3) is 0.688. The summed E-state index contributed by atoms with van der Waals surface area (Å²) in [7, 11) is 0. The van der Waals surface area contributed by atoms with E-state index in [4.69, 9.17) is 9.47 Å². The van der Waals surface area contributed by atoms with Crippen molar-refractivity contribution in [2.75, 3.05) is 19.7 Å². The molecule has 1 aromatic rings. The van der Waals surface area contributed by atoms with Crippen LogP contribution in [0.15, 0.2) is 6.07 Å². The van der Waals surface area contributed by atoms with E-state index in [9.17, 15) is 36.7 Å². The molecule has 0 radical (unpaired) electrons. The predicted octanol–water partition coefficient (Wildman–Crippen LogP) is 4.86. The van der Waals surface area contributed by atoms with Crippen molar-refractivity contribution in [2.24, 2.45) is 29.1 Å². The lowest BCUT2D eigenvalue weighted by atomic mass is 9.49. The molecule has 4 bridgehead atoms. The molecule has 4 saturated carbocycles. The Balaban J connectivity index is 1.21. The van der Waals surface area contributed by atoms with E-state index < -0.39 is 77.3 Å². The second kappa shape index (κ2) is 12.3. The molecule has 242 valence electrons. The van der Waals surface area contributed by atoms with Crippen LogP contribution in [-0.4, -0.2) is 59.8 Å². The monoisotopic (exact) mass is 624 g/mol. The molecule has 0 unspecified atom stereocenters. The fourth-order valence-electron chi connectivity index (χ4n) is 8.06. The first-order valence-corrected chi connectivity index (χ1v) is 15.4. The van der Waals surface area contributed by atoms with Crippen LogP contribution in [0.25, 0.3) is 0 Å². The number of carbonyl (C=O) groups is 4. The first-order valence-electron chi connectivity index (χ1n) is 15.4. The topological polar surface area (TPSA) is 102 Å². The highest BCUT2D eigenvalue weighted by atomic mass is 19.2. The number of piperidine rings is 1. The van der Waals surface area contributed by atoms with Gasteiger partial charge in [0.15, 0.2) is 23.2 Å². The first kappa shape index (κ1) is 32.2. The van der Waals surface area contributed by atoms with Gasteiger partial charge in [0.2, 0.25) is 23.4 Å². The standard InChI is InChI=1S/C32H40F4N2O6/c1-31(2,3)44-25(40)12-23(24(39)16-43-28-26(35)21(33)11-22(34)27(28)36)37-29(41)20-4-6-38(7-5-20)30(42)32-13-17-8-18(14-32)10-19(9-17)15-32/h11,17-20,23H,4-10,12-16H2,1-3H3,(H,37,41)/t17?,18?,19?,23-,32?/m0/s1. The van der Waals surface area contributed by atoms with E-state index in [1.54, 1.807) is 20.8 Å². The quantitative estimate of drug-likeness (QED) is 0.239. The minimum absolute atomic E-state index is 0.00683. The minimum atomic E-state index is -1.82. The fourth-order valence-corrected chi connectivity index (χ4v) is 8.06. The van der Waals surface area contributed by atoms with E-state index in [-0.39, 0.29) is 17.4 Å². The zero-order valence-corrected chi connectivity index (χ0v) is 25.4. The maximum absolute atomic E-state index is 14.1. The van der Waals surface area contributed by atoms with Crippen molar-refractivity contribution >= 4 is 23.6 Å². The van der Waals surface area contributed by atoms with Gasteiger partial charge in [0.25, 0.3) is 0 Å². The molecule has 1 N–H and O–H groups in total. The lowest BCUT2D eigenvalue weighted by Gasteiger charge is -2.57. The van der Waals surface area contributed by atoms with Crippen molar-refractivity contribution in [1.82, 2.24) is 10.2 Å². The Morgan fingerprint density at radius 2 is 1.45 bits per heavy atom. The number of hydrogen-bond acceptors (Lipinski definition) is 6. The average molecular weight is 625 g/mol. The maximum atomic E-state index is 14.1. The highest BCUT2D eigenvalue weighted by Gasteiger charge is 2.55. The maximum Gasteiger partial charge on any atom is 0.308 e. The van der Waals surface area contributed by atoms with Crippen molar-refractivity contribution in [2.45, 2.75) is 90.2 Å². The van der Waals surface area contributed by atoms with Crippen molar-refractivity contribution < 1.29 is 46.2 Å². The molecule has 6 rings (SSSR count). The van der Waals surface area contributed by atoms with Crippen molar-refractivity contribution in [3.63, 3.8) is 0 Å². The number of nitrogens with zero attached hydrogens (tertiary/aromatic N) is 1. The van der Waals surface area contributed by atoms with Crippen LogP contribution in [-0.2, 0) is 23.9 Å². The number of hydrogen-bond donors (Lipinski definition) is 1. The molecule has 5 aliphatic rings. The number of Topliss-reactive ketones (excluding diaryl/α,β-unsaturated/α-hetero) is 1. The number of esters is 1. The second-order valence-corrected chi connectivity index (χ2v) is 14.2. The SMILES string of the molecule is CC(C)(C)OC(=O)C[C@H](NC(=O)C1CCN(C(=O)C23CC4CC(CC(C4)C2)C3)CC1)C(=O)COc1c(F)c(F)cc(F)c1F. The van der Waals surface area contributed by atoms with Crippen molar-refractivity contribution in [1.29, 1.82) is 0 Å². The van der Waals surface area contributed by atoms with Crippen LogP contribution in [0.5, 0.6) is 5.75 Å². The van der Waals surface area contributed by atoms with E-state index in [0.29, 0.717) is 43.7 Å². The van der Waals surface area contributed by atoms with Gasteiger partial charge in [-0.25, -0.2) is 8.78 Å². The number of likely N-dealkylation sites (tertiary alicyclic amines) is 1. The first-order chi connectivity index (χ1) is 20.6. The Hall–Kier alpha value is -3.18. The molecule has 1 aromatic carbocycles. The van der Waals surface area contributed by atoms with Gasteiger partial charge in [-0.2, -0.15) is 8.78 Å². The van der Waals surface area contributed by atoms with E-state index in [1.807, 2.05) is 4.90 Å². The van der Waals surface area contributed by atoms with E-state index in [2.05, 4.69) is 5.32 Å². The number of halogens is 4. The third-order valence-corrected chi connectivity index (χ3v) is 9.57. The predicted molar refractivity (Wildman–Crippen MR) is 149 cm³/mol. The van der Waals surface area contributed by atoms with Gasteiger partial charge < -0.3 is 19.7 Å².